The molecule has 204 valence electrons. The van der Waals surface area contributed by atoms with E-state index in [1.807, 2.05) is 30.3 Å². The van der Waals surface area contributed by atoms with Crippen LogP contribution in [-0.4, -0.2) is 61.1 Å². The van der Waals surface area contributed by atoms with Crippen LogP contribution in [0.5, 0.6) is 17.2 Å². The molecular weight excluding hydrogens is 504 g/mol. The fourth-order valence-corrected chi connectivity index (χ4v) is 7.79. The molecule has 2 aliphatic carbocycles. The molecule has 3 heterocycles. The molecule has 1 amide bonds. The first-order chi connectivity index (χ1) is 19.5. The van der Waals surface area contributed by atoms with Crippen molar-refractivity contribution in [3.63, 3.8) is 0 Å². The molecule has 8 rings (SSSR count). The Balaban J connectivity index is 0.993. The Labute approximate surface area is 233 Å². The van der Waals surface area contributed by atoms with E-state index in [1.165, 1.54) is 11.1 Å². The van der Waals surface area contributed by atoms with Crippen molar-refractivity contribution in [2.24, 2.45) is 5.92 Å². The van der Waals surface area contributed by atoms with Crippen LogP contribution < -0.4 is 19.5 Å². The molecule has 1 spiro atoms. The molecule has 1 saturated heterocycles. The van der Waals surface area contributed by atoms with Gasteiger partial charge in [-0.15, -0.1) is 0 Å². The summed E-state index contributed by atoms with van der Waals surface area (Å²) in [5.74, 6) is 2.39. The number of nitrogens with zero attached hydrogens (tertiary/aromatic N) is 1. The first kappa shape index (κ1) is 24.0. The molecule has 3 aromatic carbocycles. The highest BCUT2D eigenvalue weighted by molar-refractivity contribution is 5.98. The van der Waals surface area contributed by atoms with Crippen molar-refractivity contribution in [3.05, 3.63) is 89.0 Å². The number of carbonyl (C=O) groups is 1. The zero-order valence-electron chi connectivity index (χ0n) is 22.4. The van der Waals surface area contributed by atoms with E-state index in [2.05, 4.69) is 53.7 Å². The number of likely N-dealkylation sites (tertiary alicyclic amines) is 1. The second-order valence-corrected chi connectivity index (χ2v) is 11.7. The summed E-state index contributed by atoms with van der Waals surface area (Å²) in [6.07, 6.45) is 5.66. The maximum atomic E-state index is 13.4. The monoisotopic (exact) mass is 536 g/mol. The van der Waals surface area contributed by atoms with Crippen molar-refractivity contribution in [2.75, 3.05) is 26.9 Å². The number of fused-ring (bicyclic) bond motifs is 1. The van der Waals surface area contributed by atoms with Gasteiger partial charge in [0.2, 0.25) is 6.79 Å². The van der Waals surface area contributed by atoms with Crippen molar-refractivity contribution in [3.8, 4) is 28.4 Å². The van der Waals surface area contributed by atoms with Gasteiger partial charge in [-0.1, -0.05) is 48.6 Å². The highest BCUT2D eigenvalue weighted by Gasteiger charge is 2.64. The van der Waals surface area contributed by atoms with Crippen LogP contribution >= 0.6 is 0 Å². The Morgan fingerprint density at radius 3 is 2.75 bits per heavy atom. The Hall–Kier alpha value is -3.81. The largest absolute Gasteiger partial charge is 0.485 e. The van der Waals surface area contributed by atoms with Crippen LogP contribution in [0.15, 0.2) is 66.7 Å². The van der Waals surface area contributed by atoms with Gasteiger partial charge in [0, 0.05) is 29.5 Å². The third kappa shape index (κ3) is 3.40. The van der Waals surface area contributed by atoms with Crippen molar-refractivity contribution < 1.29 is 24.1 Å². The number of aliphatic hydroxyl groups excluding tert-OH is 1. The molecule has 2 bridgehead atoms. The van der Waals surface area contributed by atoms with E-state index in [0.717, 1.165) is 54.0 Å². The SMILES string of the molecule is CN1CC[C@]23c4c5ccc(C(=O)NCCc6ccc(-c7ccc8c(c7)OCO8)cc6)c4O[C@H]2[C@@H](O)C=CC3[C@H]1C5. The molecule has 0 aromatic heterocycles. The number of likely N-dealkylation sites (N-methyl/N-ethyl adjacent to an activating group) is 1. The minimum absolute atomic E-state index is 0.126. The number of carbonyl (C=O) groups excluding carboxylic acids is 1. The third-order valence-electron chi connectivity index (χ3n) is 9.77. The molecular formula is C33H32N2O5. The fourth-order valence-electron chi connectivity index (χ4n) is 7.79. The second kappa shape index (κ2) is 8.85. The van der Waals surface area contributed by atoms with Gasteiger partial charge in [0.05, 0.1) is 5.56 Å². The Bertz CT molecular complexity index is 1550. The zero-order chi connectivity index (χ0) is 27.0. The van der Waals surface area contributed by atoms with E-state index in [-0.39, 0.29) is 30.1 Å². The van der Waals surface area contributed by atoms with Gasteiger partial charge in [0.25, 0.3) is 5.91 Å². The molecule has 1 unspecified atom stereocenters. The molecule has 3 aromatic rings. The van der Waals surface area contributed by atoms with E-state index in [1.54, 1.807) is 0 Å². The number of ether oxygens (including phenoxy) is 3. The van der Waals surface area contributed by atoms with Gasteiger partial charge in [0.1, 0.15) is 18.0 Å². The summed E-state index contributed by atoms with van der Waals surface area (Å²) in [7, 11) is 2.19. The van der Waals surface area contributed by atoms with Gasteiger partial charge in [0.15, 0.2) is 11.5 Å². The smallest absolute Gasteiger partial charge is 0.255 e. The summed E-state index contributed by atoms with van der Waals surface area (Å²) in [5.41, 5.74) is 6.07. The molecule has 3 aliphatic heterocycles. The van der Waals surface area contributed by atoms with Gasteiger partial charge in [-0.3, -0.25) is 4.79 Å². The number of aliphatic hydroxyl groups is 1. The maximum Gasteiger partial charge on any atom is 0.255 e. The minimum Gasteiger partial charge on any atom is -0.485 e. The standard InChI is InChI=1S/C33H32N2O5/c1-35-15-13-33-24-9-10-26(36)31(33)40-30-23(8-6-22(29(30)33)16-25(24)35)32(37)34-14-12-19-2-4-20(5-3-19)21-7-11-27-28(17-21)39-18-38-27/h2-11,17,24-26,31,36H,12-16,18H2,1H3,(H,34,37)/t24?,25-,26+,31+,33+/m1/s1. The van der Waals surface area contributed by atoms with E-state index in [0.29, 0.717) is 23.9 Å². The van der Waals surface area contributed by atoms with E-state index < -0.39 is 6.10 Å². The Morgan fingerprint density at radius 1 is 1.05 bits per heavy atom. The fraction of sp³-hybridized carbons (Fsp3) is 0.364. The molecule has 5 aliphatic rings. The van der Waals surface area contributed by atoms with Crippen molar-refractivity contribution in [1.82, 2.24) is 10.2 Å². The van der Waals surface area contributed by atoms with Crippen LogP contribution in [0.4, 0.5) is 0 Å². The molecule has 2 N–H and O–H groups in total. The molecule has 1 fully saturated rings. The summed E-state index contributed by atoms with van der Waals surface area (Å²) < 4.78 is 17.4. The normalized spacial score (nSPS) is 28.6. The summed E-state index contributed by atoms with van der Waals surface area (Å²) in [4.78, 5) is 15.9. The summed E-state index contributed by atoms with van der Waals surface area (Å²) in [5, 5.41) is 14.1. The lowest BCUT2D eigenvalue weighted by Gasteiger charge is -2.56. The number of rotatable bonds is 5. The predicted molar refractivity (Wildman–Crippen MR) is 150 cm³/mol. The lowest BCUT2D eigenvalue weighted by Crippen LogP contribution is -2.64. The Morgan fingerprint density at radius 2 is 1.88 bits per heavy atom. The van der Waals surface area contributed by atoms with E-state index in [9.17, 15) is 9.90 Å². The maximum absolute atomic E-state index is 13.4. The lowest BCUT2D eigenvalue weighted by molar-refractivity contribution is -0.0451. The van der Waals surface area contributed by atoms with Crippen LogP contribution in [0.25, 0.3) is 11.1 Å². The average Bonchev–Trinajstić information content (AvgIpc) is 3.58. The first-order valence-corrected chi connectivity index (χ1v) is 14.2. The highest BCUT2D eigenvalue weighted by Crippen LogP contribution is 2.61. The first-order valence-electron chi connectivity index (χ1n) is 14.2. The second-order valence-electron chi connectivity index (χ2n) is 11.7. The number of hydrogen-bond acceptors (Lipinski definition) is 6. The van der Waals surface area contributed by atoms with Gasteiger partial charge in [-0.2, -0.15) is 0 Å². The summed E-state index contributed by atoms with van der Waals surface area (Å²) in [6.45, 7) is 1.75. The minimum atomic E-state index is -0.671. The lowest BCUT2D eigenvalue weighted by atomic mass is 9.53. The number of hydrogen-bond donors (Lipinski definition) is 2. The molecule has 0 radical (unpaired) electrons. The molecule has 7 heteroatoms. The Kier molecular flexibility index (Phi) is 5.31. The summed E-state index contributed by atoms with van der Waals surface area (Å²) in [6, 6.07) is 18.8. The zero-order valence-corrected chi connectivity index (χ0v) is 22.4. The van der Waals surface area contributed by atoms with Crippen LogP contribution in [0, 0.1) is 5.92 Å². The van der Waals surface area contributed by atoms with Crippen molar-refractivity contribution >= 4 is 5.91 Å². The molecule has 5 atom stereocenters. The van der Waals surface area contributed by atoms with Crippen LogP contribution in [-0.2, 0) is 18.3 Å². The van der Waals surface area contributed by atoms with Crippen LogP contribution in [0.2, 0.25) is 0 Å². The predicted octanol–water partition coefficient (Wildman–Crippen LogP) is 3.86. The number of amides is 1. The third-order valence-corrected chi connectivity index (χ3v) is 9.77. The molecule has 40 heavy (non-hydrogen) atoms. The van der Waals surface area contributed by atoms with Gasteiger partial charge < -0.3 is 29.5 Å². The van der Waals surface area contributed by atoms with E-state index >= 15 is 0 Å². The number of nitrogens with one attached hydrogen (secondary N) is 1. The van der Waals surface area contributed by atoms with Crippen LogP contribution in [0.1, 0.15) is 33.5 Å². The number of piperidine rings is 1. The quantitative estimate of drug-likeness (QED) is 0.482. The molecule has 0 saturated carbocycles. The van der Waals surface area contributed by atoms with E-state index in [4.69, 9.17) is 14.2 Å². The summed E-state index contributed by atoms with van der Waals surface area (Å²) >= 11 is 0. The van der Waals surface area contributed by atoms with Crippen molar-refractivity contribution in [2.45, 2.75) is 42.9 Å². The molecule has 7 nitrogen and oxygen atoms in total. The van der Waals surface area contributed by atoms with Crippen molar-refractivity contribution in [1.29, 1.82) is 0 Å². The van der Waals surface area contributed by atoms with Crippen LogP contribution in [0.3, 0.4) is 0 Å². The van der Waals surface area contributed by atoms with Gasteiger partial charge >= 0.3 is 0 Å². The topological polar surface area (TPSA) is 80.3 Å². The van der Waals surface area contributed by atoms with Gasteiger partial charge in [-0.05, 0) is 73.3 Å². The van der Waals surface area contributed by atoms with Gasteiger partial charge in [-0.25, -0.2) is 0 Å². The average molecular weight is 537 g/mol. The highest BCUT2D eigenvalue weighted by atomic mass is 16.7. The number of benzene rings is 3.